The van der Waals surface area contributed by atoms with Crippen LogP contribution in [0.1, 0.15) is 72.1 Å². The highest BCUT2D eigenvalue weighted by Crippen LogP contribution is 2.65. The molecule has 3 aliphatic carbocycles. The van der Waals surface area contributed by atoms with Gasteiger partial charge in [0.2, 0.25) is 0 Å². The van der Waals surface area contributed by atoms with E-state index in [1.54, 1.807) is 6.08 Å². The van der Waals surface area contributed by atoms with Crippen molar-refractivity contribution in [1.29, 1.82) is 0 Å². The van der Waals surface area contributed by atoms with E-state index in [9.17, 15) is 10.2 Å². The molecule has 0 saturated heterocycles. The van der Waals surface area contributed by atoms with Crippen LogP contribution in [0.4, 0.5) is 0 Å². The second-order valence-electron chi connectivity index (χ2n) is 9.27. The number of hydrogen-bond acceptors (Lipinski definition) is 2. The van der Waals surface area contributed by atoms with Gasteiger partial charge in [0, 0.05) is 0 Å². The van der Waals surface area contributed by atoms with E-state index in [1.807, 2.05) is 0 Å². The van der Waals surface area contributed by atoms with E-state index in [0.29, 0.717) is 23.2 Å². The Morgan fingerprint density at radius 2 is 1.73 bits per heavy atom. The van der Waals surface area contributed by atoms with Crippen molar-refractivity contribution in [2.45, 2.75) is 83.8 Å². The summed E-state index contributed by atoms with van der Waals surface area (Å²) in [7, 11) is 0. The van der Waals surface area contributed by atoms with Crippen LogP contribution in [-0.2, 0) is 0 Å². The lowest BCUT2D eigenvalue weighted by atomic mass is 9.42. The monoisotopic (exact) mass is 306 g/mol. The molecule has 2 heteroatoms. The zero-order chi connectivity index (χ0) is 16.2. The van der Waals surface area contributed by atoms with Crippen molar-refractivity contribution in [2.75, 3.05) is 0 Å². The van der Waals surface area contributed by atoms with Crippen LogP contribution < -0.4 is 0 Å². The molecule has 0 unspecified atom stereocenters. The van der Waals surface area contributed by atoms with Crippen molar-refractivity contribution in [2.24, 2.45) is 28.6 Å². The summed E-state index contributed by atoms with van der Waals surface area (Å²) in [6.07, 6.45) is 9.78. The Morgan fingerprint density at radius 1 is 1.05 bits per heavy atom. The summed E-state index contributed by atoms with van der Waals surface area (Å²) < 4.78 is 0. The summed E-state index contributed by atoms with van der Waals surface area (Å²) in [5, 5.41) is 21.7. The molecule has 0 amide bonds. The molecule has 0 bridgehead atoms. The third-order valence-electron chi connectivity index (χ3n) is 7.82. The zero-order valence-electron chi connectivity index (χ0n) is 14.6. The van der Waals surface area contributed by atoms with Crippen molar-refractivity contribution >= 4 is 0 Å². The highest BCUT2D eigenvalue weighted by atomic mass is 16.3. The molecule has 3 saturated carbocycles. The smallest absolute Gasteiger partial charge is 0.0970 e. The molecule has 6 atom stereocenters. The summed E-state index contributed by atoms with van der Waals surface area (Å²) in [4.78, 5) is 0. The summed E-state index contributed by atoms with van der Waals surface area (Å²) in [5.74, 6) is 1.56. The molecular formula is C20H34O2. The van der Waals surface area contributed by atoms with Crippen LogP contribution in [0.15, 0.2) is 12.7 Å². The molecule has 126 valence electrons. The topological polar surface area (TPSA) is 40.5 Å². The van der Waals surface area contributed by atoms with Gasteiger partial charge >= 0.3 is 0 Å². The molecular weight excluding hydrogens is 272 g/mol. The van der Waals surface area contributed by atoms with Crippen molar-refractivity contribution in [3.8, 4) is 0 Å². The van der Waals surface area contributed by atoms with Crippen LogP contribution in [0, 0.1) is 28.6 Å². The molecule has 0 aromatic heterocycles. The zero-order valence-corrected chi connectivity index (χ0v) is 14.6. The van der Waals surface area contributed by atoms with Gasteiger partial charge in [0.1, 0.15) is 0 Å². The van der Waals surface area contributed by atoms with E-state index in [4.69, 9.17) is 0 Å². The van der Waals surface area contributed by atoms with Gasteiger partial charge in [0.15, 0.2) is 0 Å². The van der Waals surface area contributed by atoms with Crippen molar-refractivity contribution in [3.63, 3.8) is 0 Å². The Balaban J connectivity index is 1.96. The fraction of sp³-hybridized carbons (Fsp3) is 0.900. The van der Waals surface area contributed by atoms with Crippen LogP contribution in [0.2, 0.25) is 0 Å². The molecule has 0 aromatic rings. The highest BCUT2D eigenvalue weighted by molar-refractivity contribution is 5.12. The van der Waals surface area contributed by atoms with Crippen molar-refractivity contribution in [3.05, 3.63) is 12.7 Å². The summed E-state index contributed by atoms with van der Waals surface area (Å²) in [6.45, 7) is 11.2. The molecule has 3 fully saturated rings. The molecule has 0 aromatic carbocycles. The Bertz CT molecular complexity index is 443. The molecule has 0 spiro atoms. The third kappa shape index (κ3) is 2.21. The second kappa shape index (κ2) is 5.34. The van der Waals surface area contributed by atoms with Gasteiger partial charge in [0.25, 0.3) is 0 Å². The van der Waals surface area contributed by atoms with E-state index in [1.165, 1.54) is 25.7 Å². The minimum absolute atomic E-state index is 0.240. The summed E-state index contributed by atoms with van der Waals surface area (Å²) in [6, 6.07) is 0. The van der Waals surface area contributed by atoms with Gasteiger partial charge in [-0.15, -0.1) is 6.58 Å². The first-order chi connectivity index (χ1) is 10.3. The van der Waals surface area contributed by atoms with Crippen LogP contribution in [0.25, 0.3) is 0 Å². The molecule has 0 heterocycles. The summed E-state index contributed by atoms with van der Waals surface area (Å²) >= 11 is 0. The first-order valence-corrected chi connectivity index (χ1v) is 9.27. The van der Waals surface area contributed by atoms with E-state index in [2.05, 4.69) is 27.4 Å². The van der Waals surface area contributed by atoms with E-state index >= 15 is 0 Å². The largest absolute Gasteiger partial charge is 0.390 e. The van der Waals surface area contributed by atoms with E-state index in [-0.39, 0.29) is 5.92 Å². The number of aliphatic hydroxyl groups excluding tert-OH is 1. The number of hydrogen-bond donors (Lipinski definition) is 2. The second-order valence-corrected chi connectivity index (χ2v) is 9.27. The van der Waals surface area contributed by atoms with E-state index < -0.39 is 11.7 Å². The van der Waals surface area contributed by atoms with Gasteiger partial charge in [-0.1, -0.05) is 33.3 Å². The lowest BCUT2D eigenvalue weighted by Crippen LogP contribution is -2.62. The maximum atomic E-state index is 11.2. The van der Waals surface area contributed by atoms with Crippen LogP contribution in [0.5, 0.6) is 0 Å². The number of fused-ring (bicyclic) bond motifs is 3. The van der Waals surface area contributed by atoms with Crippen LogP contribution in [-0.4, -0.2) is 21.9 Å². The highest BCUT2D eigenvalue weighted by Gasteiger charge is 2.60. The van der Waals surface area contributed by atoms with Gasteiger partial charge in [-0.05, 0) is 73.5 Å². The average Bonchev–Trinajstić information content (AvgIpc) is 2.42. The predicted octanol–water partition coefficient (Wildman–Crippen LogP) is 4.31. The normalized spacial score (nSPS) is 50.8. The molecule has 3 aliphatic rings. The lowest BCUT2D eigenvalue weighted by molar-refractivity contribution is -0.211. The fourth-order valence-electron chi connectivity index (χ4n) is 6.82. The Labute approximate surface area is 136 Å². The first kappa shape index (κ1) is 16.5. The first-order valence-electron chi connectivity index (χ1n) is 9.27. The molecule has 0 aliphatic heterocycles. The fourth-order valence-corrected chi connectivity index (χ4v) is 6.82. The lowest BCUT2D eigenvalue weighted by Gasteiger charge is -2.63. The standard InChI is InChI=1S/C20H34O2/c1-5-11-20(22)15-7-9-16-18(2,3)12-6-13-19(16,4)14(15)8-10-17(20)21/h5,14-17,21-22H,1,6-13H2,2-4H3/t14-,15-,16-,17-,19+,20-/m0/s1. The van der Waals surface area contributed by atoms with Crippen LogP contribution in [0.3, 0.4) is 0 Å². The molecule has 0 radical (unpaired) electrons. The van der Waals surface area contributed by atoms with Crippen LogP contribution >= 0.6 is 0 Å². The van der Waals surface area contributed by atoms with Gasteiger partial charge in [-0.3, -0.25) is 0 Å². The van der Waals surface area contributed by atoms with Gasteiger partial charge in [-0.2, -0.15) is 0 Å². The molecule has 22 heavy (non-hydrogen) atoms. The summed E-state index contributed by atoms with van der Waals surface area (Å²) in [5.41, 5.74) is -0.190. The maximum absolute atomic E-state index is 11.2. The quantitative estimate of drug-likeness (QED) is 0.746. The van der Waals surface area contributed by atoms with Gasteiger partial charge in [-0.25, -0.2) is 0 Å². The average molecular weight is 306 g/mol. The minimum Gasteiger partial charge on any atom is -0.390 e. The Morgan fingerprint density at radius 3 is 2.41 bits per heavy atom. The molecule has 3 rings (SSSR count). The Hall–Kier alpha value is -0.340. The van der Waals surface area contributed by atoms with Crippen molar-refractivity contribution < 1.29 is 10.2 Å². The van der Waals surface area contributed by atoms with Gasteiger partial charge in [0.05, 0.1) is 11.7 Å². The SMILES string of the molecule is C=CC[C@@]1(O)[C@@H](O)CC[C@H]2[C@@H]1CC[C@H]1C(C)(C)CCC[C@]21C. The number of rotatable bonds is 2. The predicted molar refractivity (Wildman–Crippen MR) is 90.4 cm³/mol. The maximum Gasteiger partial charge on any atom is 0.0970 e. The number of aliphatic hydroxyl groups is 2. The molecule has 2 nitrogen and oxygen atoms in total. The van der Waals surface area contributed by atoms with Gasteiger partial charge < -0.3 is 10.2 Å². The third-order valence-corrected chi connectivity index (χ3v) is 7.82. The molecule has 2 N–H and O–H groups in total. The van der Waals surface area contributed by atoms with Crippen molar-refractivity contribution in [1.82, 2.24) is 0 Å². The van der Waals surface area contributed by atoms with E-state index in [0.717, 1.165) is 25.2 Å². The minimum atomic E-state index is -0.944. The Kier molecular flexibility index (Phi) is 4.01.